The van der Waals surface area contributed by atoms with E-state index in [0.717, 1.165) is 17.4 Å². The van der Waals surface area contributed by atoms with Crippen LogP contribution in [0.3, 0.4) is 0 Å². The molecule has 0 amide bonds. The minimum atomic E-state index is -1.71. The molecule has 0 aliphatic heterocycles. The first-order valence-electron chi connectivity index (χ1n) is 4.26. The fourth-order valence-corrected chi connectivity index (χ4v) is 2.86. The van der Waals surface area contributed by atoms with Crippen LogP contribution in [0.15, 0.2) is 16.5 Å². The molecule has 16 heavy (non-hydrogen) atoms. The number of allylic oxidation sites excluding steroid dienone is 1. The summed E-state index contributed by atoms with van der Waals surface area (Å²) in [6.45, 7) is 1.56. The van der Waals surface area contributed by atoms with Gasteiger partial charge in [-0.1, -0.05) is 11.8 Å². The summed E-state index contributed by atoms with van der Waals surface area (Å²) >= 11 is 2.21. The van der Waals surface area contributed by atoms with Gasteiger partial charge in [0, 0.05) is 5.75 Å². The van der Waals surface area contributed by atoms with Crippen LogP contribution in [0, 0.1) is 17.0 Å². The molecule has 0 unspecified atom stereocenters. The van der Waals surface area contributed by atoms with Crippen molar-refractivity contribution in [1.82, 2.24) is 4.98 Å². The molecule has 0 atom stereocenters. The van der Waals surface area contributed by atoms with Crippen molar-refractivity contribution in [3.63, 3.8) is 0 Å². The van der Waals surface area contributed by atoms with Gasteiger partial charge < -0.3 is 0 Å². The number of nitro groups is 1. The fourth-order valence-electron chi connectivity index (χ4n) is 0.910. The van der Waals surface area contributed by atoms with Crippen molar-refractivity contribution >= 4 is 28.1 Å². The van der Waals surface area contributed by atoms with E-state index < -0.39 is 11.0 Å². The molecule has 0 aliphatic rings. The summed E-state index contributed by atoms with van der Waals surface area (Å²) in [7, 11) is 0. The van der Waals surface area contributed by atoms with Gasteiger partial charge in [-0.05, 0) is 30.8 Å². The third-order valence-corrected chi connectivity index (χ3v) is 3.85. The number of nitrogens with zero attached hydrogens (tertiary/aromatic N) is 2. The largest absolute Gasteiger partial charge is 0.347 e. The molecular weight excluding hydrogens is 258 g/mol. The van der Waals surface area contributed by atoms with E-state index in [1.165, 1.54) is 11.8 Å². The Balaban J connectivity index is 2.52. The number of hydrogen-bond acceptors (Lipinski definition) is 5. The highest BCUT2D eigenvalue weighted by atomic mass is 32.2. The summed E-state index contributed by atoms with van der Waals surface area (Å²) in [5.41, 5.74) is 0.365. The maximum absolute atomic E-state index is 11.7. The van der Waals surface area contributed by atoms with E-state index in [0.29, 0.717) is 15.8 Å². The van der Waals surface area contributed by atoms with Gasteiger partial charge in [0.15, 0.2) is 4.34 Å². The van der Waals surface area contributed by atoms with Gasteiger partial charge in [-0.2, -0.15) is 8.78 Å². The van der Waals surface area contributed by atoms with Crippen LogP contribution in [-0.2, 0) is 0 Å². The second-order valence-corrected chi connectivity index (χ2v) is 5.08. The van der Waals surface area contributed by atoms with Gasteiger partial charge >= 0.3 is 5.00 Å². The Morgan fingerprint density at radius 2 is 2.38 bits per heavy atom. The maximum Gasteiger partial charge on any atom is 0.347 e. The molecular formula is C8H8F2N2O2S2. The van der Waals surface area contributed by atoms with Gasteiger partial charge in [0.2, 0.25) is 0 Å². The van der Waals surface area contributed by atoms with Crippen LogP contribution in [0.2, 0.25) is 0 Å². The smallest absolute Gasteiger partial charge is 0.257 e. The van der Waals surface area contributed by atoms with Crippen molar-refractivity contribution in [2.24, 2.45) is 0 Å². The molecule has 0 aliphatic carbocycles. The molecule has 1 heterocycles. The third-order valence-electron chi connectivity index (χ3n) is 1.56. The van der Waals surface area contributed by atoms with Crippen molar-refractivity contribution in [3.05, 3.63) is 28.0 Å². The van der Waals surface area contributed by atoms with Gasteiger partial charge in [0.05, 0.1) is 4.92 Å². The fraction of sp³-hybridized carbons (Fsp3) is 0.375. The standard InChI is InChI=1S/C8H8F2N2O2S2/c1-5-7(12(13)14)16-8(11-5)15-4-2-3-6(9)10/h3H,2,4H2,1H3. The summed E-state index contributed by atoms with van der Waals surface area (Å²) < 4.78 is 23.9. The van der Waals surface area contributed by atoms with Gasteiger partial charge in [-0.15, -0.1) is 0 Å². The van der Waals surface area contributed by atoms with E-state index in [1.54, 1.807) is 6.92 Å². The number of hydrogen-bond donors (Lipinski definition) is 0. The van der Waals surface area contributed by atoms with Crippen molar-refractivity contribution in [2.45, 2.75) is 17.7 Å². The monoisotopic (exact) mass is 266 g/mol. The van der Waals surface area contributed by atoms with Crippen molar-refractivity contribution in [3.8, 4) is 0 Å². The molecule has 1 aromatic rings. The molecule has 0 aromatic carbocycles. The van der Waals surface area contributed by atoms with E-state index in [9.17, 15) is 18.9 Å². The Labute approximate surface area is 98.5 Å². The Morgan fingerprint density at radius 1 is 1.69 bits per heavy atom. The number of aromatic nitrogens is 1. The van der Waals surface area contributed by atoms with Crippen LogP contribution in [-0.4, -0.2) is 15.7 Å². The highest BCUT2D eigenvalue weighted by Crippen LogP contribution is 2.32. The zero-order valence-electron chi connectivity index (χ0n) is 8.27. The molecule has 1 aromatic heterocycles. The van der Waals surface area contributed by atoms with Crippen molar-refractivity contribution in [1.29, 1.82) is 0 Å². The predicted molar refractivity (Wildman–Crippen MR) is 59.1 cm³/mol. The van der Waals surface area contributed by atoms with Gasteiger partial charge in [-0.3, -0.25) is 10.1 Å². The molecule has 8 heteroatoms. The van der Waals surface area contributed by atoms with E-state index >= 15 is 0 Å². The van der Waals surface area contributed by atoms with Gasteiger partial charge in [0.25, 0.3) is 6.08 Å². The second-order valence-electron chi connectivity index (χ2n) is 2.76. The third kappa shape index (κ3) is 3.86. The molecule has 0 N–H and O–H groups in total. The molecule has 0 spiro atoms. The van der Waals surface area contributed by atoms with E-state index in [4.69, 9.17) is 0 Å². The molecule has 0 radical (unpaired) electrons. The maximum atomic E-state index is 11.7. The molecule has 4 nitrogen and oxygen atoms in total. The SMILES string of the molecule is Cc1nc(SCCC=C(F)F)sc1[N+](=O)[O-]. The van der Waals surface area contributed by atoms with E-state index in [-0.39, 0.29) is 11.4 Å². The highest BCUT2D eigenvalue weighted by Gasteiger charge is 2.17. The Morgan fingerprint density at radius 3 is 2.88 bits per heavy atom. The first-order chi connectivity index (χ1) is 7.50. The van der Waals surface area contributed by atoms with E-state index in [1.807, 2.05) is 0 Å². The number of rotatable bonds is 5. The van der Waals surface area contributed by atoms with Gasteiger partial charge in [-0.25, -0.2) is 4.98 Å². The Bertz CT molecular complexity index is 416. The predicted octanol–water partition coefficient (Wildman–Crippen LogP) is 3.62. The minimum Gasteiger partial charge on any atom is -0.257 e. The molecule has 1 rings (SSSR count). The lowest BCUT2D eigenvalue weighted by molar-refractivity contribution is -0.380. The quantitative estimate of drug-likeness (QED) is 0.353. The molecule has 0 fully saturated rings. The average Bonchev–Trinajstić information content (AvgIpc) is 2.54. The van der Waals surface area contributed by atoms with Crippen LogP contribution in [0.1, 0.15) is 12.1 Å². The summed E-state index contributed by atoms with van der Waals surface area (Å²) in [5, 5.41) is 10.5. The van der Waals surface area contributed by atoms with E-state index in [2.05, 4.69) is 4.98 Å². The van der Waals surface area contributed by atoms with Crippen LogP contribution in [0.4, 0.5) is 13.8 Å². The number of thiazole rings is 1. The van der Waals surface area contributed by atoms with Crippen LogP contribution < -0.4 is 0 Å². The highest BCUT2D eigenvalue weighted by molar-refractivity contribution is 8.01. The number of thioether (sulfide) groups is 1. The lowest BCUT2D eigenvalue weighted by Crippen LogP contribution is -1.85. The molecule has 88 valence electrons. The number of aryl methyl sites for hydroxylation is 1. The zero-order chi connectivity index (χ0) is 12.1. The van der Waals surface area contributed by atoms with Crippen LogP contribution in [0.25, 0.3) is 0 Å². The first kappa shape index (κ1) is 13.0. The second kappa shape index (κ2) is 5.90. The lowest BCUT2D eigenvalue weighted by Gasteiger charge is -1.91. The summed E-state index contributed by atoms with van der Waals surface area (Å²) in [5.74, 6) is 0.432. The van der Waals surface area contributed by atoms with Crippen molar-refractivity contribution < 1.29 is 13.7 Å². The molecule has 0 bridgehead atoms. The normalized spacial score (nSPS) is 10.2. The van der Waals surface area contributed by atoms with Crippen LogP contribution in [0.5, 0.6) is 0 Å². The minimum absolute atomic E-state index is 0.00899. The Hall–Kier alpha value is -1.02. The molecule has 0 saturated heterocycles. The Kier molecular flexibility index (Phi) is 4.81. The summed E-state index contributed by atoms with van der Waals surface area (Å²) in [6, 6.07) is 0. The van der Waals surface area contributed by atoms with Gasteiger partial charge in [0.1, 0.15) is 5.69 Å². The first-order valence-corrected chi connectivity index (χ1v) is 6.06. The zero-order valence-corrected chi connectivity index (χ0v) is 9.91. The van der Waals surface area contributed by atoms with Crippen molar-refractivity contribution in [2.75, 3.05) is 5.75 Å². The summed E-state index contributed by atoms with van der Waals surface area (Å²) in [6.07, 6.45) is -0.664. The summed E-state index contributed by atoms with van der Waals surface area (Å²) in [4.78, 5) is 14.0. The lowest BCUT2D eigenvalue weighted by atomic mass is 10.5. The van der Waals surface area contributed by atoms with Crippen LogP contribution >= 0.6 is 23.1 Å². The average molecular weight is 266 g/mol. The number of halogens is 2. The topological polar surface area (TPSA) is 56.0 Å². The molecule has 0 saturated carbocycles.